The molecule has 0 radical (unpaired) electrons. The highest BCUT2D eigenvalue weighted by molar-refractivity contribution is 6.34. The standard InChI is InChI=1S/C16H14N2O3/c1-9-3-5-11-12(7-9)16(20)18(15(11)19)10-4-6-13(17)14(8-10)21-2/h3-8H,17H2,1-2H3. The molecule has 0 saturated carbocycles. The highest BCUT2D eigenvalue weighted by atomic mass is 16.5. The van der Waals surface area contributed by atoms with E-state index in [1.54, 1.807) is 30.3 Å². The molecule has 0 aromatic heterocycles. The van der Waals surface area contributed by atoms with Gasteiger partial charge >= 0.3 is 0 Å². The molecule has 3 rings (SSSR count). The number of benzene rings is 2. The van der Waals surface area contributed by atoms with Crippen LogP contribution in [0.1, 0.15) is 26.3 Å². The van der Waals surface area contributed by atoms with Crippen molar-refractivity contribution >= 4 is 23.2 Å². The van der Waals surface area contributed by atoms with Crippen LogP contribution in [0.5, 0.6) is 5.75 Å². The molecule has 0 saturated heterocycles. The SMILES string of the molecule is COc1cc(N2C(=O)c3ccc(C)cc3C2=O)ccc1N. The number of ether oxygens (including phenoxy) is 1. The van der Waals surface area contributed by atoms with E-state index in [4.69, 9.17) is 10.5 Å². The number of anilines is 2. The van der Waals surface area contributed by atoms with Gasteiger partial charge in [0.1, 0.15) is 5.75 Å². The summed E-state index contributed by atoms with van der Waals surface area (Å²) in [4.78, 5) is 26.1. The van der Waals surface area contributed by atoms with Gasteiger partial charge in [-0.05, 0) is 31.2 Å². The van der Waals surface area contributed by atoms with Gasteiger partial charge in [0, 0.05) is 6.07 Å². The van der Waals surface area contributed by atoms with Crippen molar-refractivity contribution in [1.29, 1.82) is 0 Å². The smallest absolute Gasteiger partial charge is 0.266 e. The van der Waals surface area contributed by atoms with E-state index in [1.807, 2.05) is 13.0 Å². The molecule has 1 heterocycles. The van der Waals surface area contributed by atoms with Crippen molar-refractivity contribution < 1.29 is 14.3 Å². The maximum absolute atomic E-state index is 12.5. The summed E-state index contributed by atoms with van der Waals surface area (Å²) in [5, 5.41) is 0. The lowest BCUT2D eigenvalue weighted by molar-refractivity contribution is 0.0926. The summed E-state index contributed by atoms with van der Waals surface area (Å²) < 4.78 is 5.14. The number of amides is 2. The molecule has 21 heavy (non-hydrogen) atoms. The van der Waals surface area contributed by atoms with E-state index in [0.717, 1.165) is 10.5 Å². The molecular formula is C16H14N2O3. The van der Waals surface area contributed by atoms with Crippen LogP contribution >= 0.6 is 0 Å². The van der Waals surface area contributed by atoms with Crippen LogP contribution in [0.15, 0.2) is 36.4 Å². The number of aryl methyl sites for hydroxylation is 1. The second-order valence-electron chi connectivity index (χ2n) is 4.92. The van der Waals surface area contributed by atoms with Gasteiger partial charge in [-0.3, -0.25) is 9.59 Å². The third-order valence-corrected chi connectivity index (χ3v) is 3.52. The average Bonchev–Trinajstić information content (AvgIpc) is 2.71. The van der Waals surface area contributed by atoms with Gasteiger partial charge in [-0.1, -0.05) is 11.6 Å². The van der Waals surface area contributed by atoms with Crippen LogP contribution in [0.2, 0.25) is 0 Å². The van der Waals surface area contributed by atoms with Gasteiger partial charge in [0.2, 0.25) is 0 Å². The molecule has 1 aliphatic heterocycles. The molecule has 5 nitrogen and oxygen atoms in total. The van der Waals surface area contributed by atoms with E-state index in [0.29, 0.717) is 28.3 Å². The molecule has 2 amide bonds. The van der Waals surface area contributed by atoms with Gasteiger partial charge in [-0.2, -0.15) is 0 Å². The first kappa shape index (κ1) is 13.2. The predicted octanol–water partition coefficient (Wildman–Crippen LogP) is 2.39. The van der Waals surface area contributed by atoms with E-state index in [2.05, 4.69) is 0 Å². The second-order valence-corrected chi connectivity index (χ2v) is 4.92. The summed E-state index contributed by atoms with van der Waals surface area (Å²) in [5.74, 6) is -0.229. The highest BCUT2D eigenvalue weighted by Crippen LogP contribution is 2.33. The number of nitrogens with two attached hydrogens (primary N) is 1. The zero-order chi connectivity index (χ0) is 15.1. The summed E-state index contributed by atoms with van der Waals surface area (Å²) in [6.45, 7) is 1.88. The van der Waals surface area contributed by atoms with Crippen LogP contribution in [-0.4, -0.2) is 18.9 Å². The molecule has 0 fully saturated rings. The van der Waals surface area contributed by atoms with Crippen molar-refractivity contribution in [3.05, 3.63) is 53.1 Å². The Balaban J connectivity index is 2.09. The topological polar surface area (TPSA) is 72.6 Å². The minimum Gasteiger partial charge on any atom is -0.495 e. The van der Waals surface area contributed by atoms with E-state index in [1.165, 1.54) is 7.11 Å². The minimum absolute atomic E-state index is 0.328. The van der Waals surface area contributed by atoms with Crippen LogP contribution in [0.3, 0.4) is 0 Å². The van der Waals surface area contributed by atoms with Crippen LogP contribution in [-0.2, 0) is 0 Å². The third kappa shape index (κ3) is 1.94. The Morgan fingerprint density at radius 1 is 1.00 bits per heavy atom. The van der Waals surface area contributed by atoms with E-state index >= 15 is 0 Å². The molecule has 0 bridgehead atoms. The first-order valence-electron chi connectivity index (χ1n) is 6.46. The van der Waals surface area contributed by atoms with Gasteiger partial charge in [-0.25, -0.2) is 4.90 Å². The maximum atomic E-state index is 12.5. The largest absolute Gasteiger partial charge is 0.495 e. The molecule has 0 unspecified atom stereocenters. The van der Waals surface area contributed by atoms with Crippen molar-refractivity contribution in [2.45, 2.75) is 6.92 Å². The molecule has 1 aliphatic rings. The van der Waals surface area contributed by atoms with Crippen LogP contribution in [0.4, 0.5) is 11.4 Å². The van der Waals surface area contributed by atoms with Gasteiger partial charge in [0.05, 0.1) is 29.6 Å². The first-order valence-corrected chi connectivity index (χ1v) is 6.46. The van der Waals surface area contributed by atoms with Crippen LogP contribution in [0, 0.1) is 6.92 Å². The minimum atomic E-state index is -0.332. The summed E-state index contributed by atoms with van der Waals surface area (Å²) in [5.41, 5.74) is 8.44. The number of carbonyl (C=O) groups excluding carboxylic acids is 2. The maximum Gasteiger partial charge on any atom is 0.266 e. The zero-order valence-electron chi connectivity index (χ0n) is 11.7. The lowest BCUT2D eigenvalue weighted by Gasteiger charge is -2.15. The van der Waals surface area contributed by atoms with Crippen molar-refractivity contribution in [2.24, 2.45) is 0 Å². The molecule has 0 spiro atoms. The Morgan fingerprint density at radius 2 is 1.71 bits per heavy atom. The fraction of sp³-hybridized carbons (Fsp3) is 0.125. The number of rotatable bonds is 2. The Bertz CT molecular complexity index is 768. The Morgan fingerprint density at radius 3 is 2.43 bits per heavy atom. The van der Waals surface area contributed by atoms with Gasteiger partial charge in [-0.15, -0.1) is 0 Å². The number of nitrogens with zero attached hydrogens (tertiary/aromatic N) is 1. The van der Waals surface area contributed by atoms with Crippen molar-refractivity contribution in [3.8, 4) is 5.75 Å². The van der Waals surface area contributed by atoms with Gasteiger partial charge in [0.15, 0.2) is 0 Å². The Hall–Kier alpha value is -2.82. The number of methoxy groups -OCH3 is 1. The number of nitrogen functional groups attached to an aromatic ring is 1. The average molecular weight is 282 g/mol. The Labute approximate surface area is 121 Å². The number of hydrogen-bond acceptors (Lipinski definition) is 4. The number of carbonyl (C=O) groups is 2. The summed E-state index contributed by atoms with van der Waals surface area (Å²) in [6.07, 6.45) is 0. The highest BCUT2D eigenvalue weighted by Gasteiger charge is 2.36. The van der Waals surface area contributed by atoms with E-state index in [9.17, 15) is 9.59 Å². The first-order chi connectivity index (χ1) is 10.0. The molecule has 2 aromatic rings. The lowest BCUT2D eigenvalue weighted by atomic mass is 10.1. The van der Waals surface area contributed by atoms with Crippen LogP contribution < -0.4 is 15.4 Å². The van der Waals surface area contributed by atoms with Crippen molar-refractivity contribution in [1.82, 2.24) is 0 Å². The summed E-state index contributed by atoms with van der Waals surface area (Å²) in [6, 6.07) is 10.1. The van der Waals surface area contributed by atoms with Crippen LogP contribution in [0.25, 0.3) is 0 Å². The van der Waals surface area contributed by atoms with Crippen molar-refractivity contribution in [3.63, 3.8) is 0 Å². The second kappa shape index (κ2) is 4.63. The normalized spacial score (nSPS) is 13.5. The molecule has 5 heteroatoms. The molecule has 2 aromatic carbocycles. The number of imide groups is 1. The molecule has 2 N–H and O–H groups in total. The predicted molar refractivity (Wildman–Crippen MR) is 79.7 cm³/mol. The zero-order valence-corrected chi connectivity index (χ0v) is 11.7. The van der Waals surface area contributed by atoms with Crippen molar-refractivity contribution in [2.75, 3.05) is 17.7 Å². The van der Waals surface area contributed by atoms with E-state index in [-0.39, 0.29) is 11.8 Å². The number of hydrogen-bond donors (Lipinski definition) is 1. The van der Waals surface area contributed by atoms with E-state index < -0.39 is 0 Å². The molecular weight excluding hydrogens is 268 g/mol. The molecule has 106 valence electrons. The van der Waals surface area contributed by atoms with Gasteiger partial charge in [0.25, 0.3) is 11.8 Å². The summed E-state index contributed by atoms with van der Waals surface area (Å²) in [7, 11) is 1.49. The fourth-order valence-electron chi connectivity index (χ4n) is 2.43. The lowest BCUT2D eigenvalue weighted by Crippen LogP contribution is -2.29. The monoisotopic (exact) mass is 282 g/mol. The third-order valence-electron chi connectivity index (χ3n) is 3.52. The summed E-state index contributed by atoms with van der Waals surface area (Å²) >= 11 is 0. The Kier molecular flexibility index (Phi) is 2.90. The molecule has 0 aliphatic carbocycles. The fourth-order valence-corrected chi connectivity index (χ4v) is 2.43. The quantitative estimate of drug-likeness (QED) is 0.678. The molecule has 0 atom stereocenters. The number of fused-ring (bicyclic) bond motifs is 1. The van der Waals surface area contributed by atoms with Gasteiger partial charge < -0.3 is 10.5 Å².